The number of carbonyl (C=O) groups excluding carboxylic acids is 1. The number of carbonyl (C=O) groups is 1. The molecule has 2 heterocycles. The standard InChI is InChI=1S/C13H21N3O3S/c1-13(2,3)10(17)8-20-12-15-14-11(18)16(12)7-9-5-4-6-19-9/h9H,4-8H2,1-3H3,(H,14,18). The van der Waals surface area contributed by atoms with Crippen LogP contribution in [-0.4, -0.2) is 39.0 Å². The predicted molar refractivity (Wildman–Crippen MR) is 77.0 cm³/mol. The van der Waals surface area contributed by atoms with Crippen LogP contribution in [0.2, 0.25) is 0 Å². The molecule has 0 amide bonds. The Hall–Kier alpha value is -1.08. The Morgan fingerprint density at radius 3 is 2.90 bits per heavy atom. The Bertz CT molecular complexity index is 524. The van der Waals surface area contributed by atoms with Crippen LogP contribution < -0.4 is 5.69 Å². The van der Waals surface area contributed by atoms with E-state index in [1.807, 2.05) is 20.8 Å². The molecule has 1 saturated heterocycles. The van der Waals surface area contributed by atoms with Crippen molar-refractivity contribution in [2.75, 3.05) is 12.4 Å². The lowest BCUT2D eigenvalue weighted by molar-refractivity contribution is -0.123. The number of rotatable bonds is 5. The fraction of sp³-hybridized carbons (Fsp3) is 0.769. The van der Waals surface area contributed by atoms with Crippen LogP contribution in [0.25, 0.3) is 0 Å². The highest BCUT2D eigenvalue weighted by molar-refractivity contribution is 7.99. The molecule has 1 fully saturated rings. The van der Waals surface area contributed by atoms with E-state index >= 15 is 0 Å². The summed E-state index contributed by atoms with van der Waals surface area (Å²) in [6.07, 6.45) is 2.06. The van der Waals surface area contributed by atoms with Gasteiger partial charge in [-0.3, -0.25) is 9.36 Å². The number of aromatic amines is 1. The summed E-state index contributed by atoms with van der Waals surface area (Å²) in [4.78, 5) is 23.7. The number of hydrogen-bond donors (Lipinski definition) is 1. The van der Waals surface area contributed by atoms with Crippen molar-refractivity contribution in [3.05, 3.63) is 10.5 Å². The van der Waals surface area contributed by atoms with Gasteiger partial charge in [0.05, 0.1) is 18.4 Å². The van der Waals surface area contributed by atoms with Crippen molar-refractivity contribution in [1.29, 1.82) is 0 Å². The maximum Gasteiger partial charge on any atom is 0.344 e. The molecule has 0 bridgehead atoms. The molecule has 1 aliphatic heterocycles. The highest BCUT2D eigenvalue weighted by atomic mass is 32.2. The summed E-state index contributed by atoms with van der Waals surface area (Å²) in [6, 6.07) is 0. The Kier molecular flexibility index (Phi) is 4.70. The molecule has 0 radical (unpaired) electrons. The first-order valence-electron chi connectivity index (χ1n) is 6.81. The molecular weight excluding hydrogens is 278 g/mol. The first-order chi connectivity index (χ1) is 9.38. The third-order valence-electron chi connectivity index (χ3n) is 3.30. The molecule has 2 rings (SSSR count). The van der Waals surface area contributed by atoms with E-state index in [1.165, 1.54) is 11.8 Å². The second-order valence-corrected chi connectivity index (χ2v) is 6.96. The van der Waals surface area contributed by atoms with Crippen molar-refractivity contribution < 1.29 is 9.53 Å². The van der Waals surface area contributed by atoms with Gasteiger partial charge in [-0.15, -0.1) is 5.10 Å². The molecule has 1 atom stereocenters. The van der Waals surface area contributed by atoms with Crippen molar-refractivity contribution in [2.24, 2.45) is 5.41 Å². The summed E-state index contributed by atoms with van der Waals surface area (Å²) in [5.41, 5.74) is -0.616. The number of ether oxygens (including phenoxy) is 1. The average molecular weight is 299 g/mol. The molecule has 1 unspecified atom stereocenters. The highest BCUT2D eigenvalue weighted by Crippen LogP contribution is 2.22. The summed E-state index contributed by atoms with van der Waals surface area (Å²) >= 11 is 1.30. The van der Waals surface area contributed by atoms with Gasteiger partial charge in [0.15, 0.2) is 5.16 Å². The summed E-state index contributed by atoms with van der Waals surface area (Å²) in [5, 5.41) is 6.99. The Labute approximate surface area is 122 Å². The number of hydrogen-bond acceptors (Lipinski definition) is 5. The topological polar surface area (TPSA) is 77.0 Å². The summed E-state index contributed by atoms with van der Waals surface area (Å²) in [6.45, 7) is 6.92. The van der Waals surface area contributed by atoms with Crippen molar-refractivity contribution in [2.45, 2.75) is 51.4 Å². The number of nitrogens with one attached hydrogen (secondary N) is 1. The number of Topliss-reactive ketones (excluding diaryl/α,β-unsaturated/α-hetero) is 1. The van der Waals surface area contributed by atoms with Crippen molar-refractivity contribution in [3.8, 4) is 0 Å². The fourth-order valence-electron chi connectivity index (χ4n) is 1.91. The van der Waals surface area contributed by atoms with Gasteiger partial charge in [0.25, 0.3) is 0 Å². The van der Waals surface area contributed by atoms with Gasteiger partial charge in [-0.05, 0) is 12.8 Å². The van der Waals surface area contributed by atoms with E-state index in [9.17, 15) is 9.59 Å². The molecule has 0 saturated carbocycles. The summed E-state index contributed by atoms with van der Waals surface area (Å²) in [5.74, 6) is 0.459. The molecule has 7 heteroatoms. The van der Waals surface area contributed by atoms with Crippen molar-refractivity contribution in [1.82, 2.24) is 14.8 Å². The normalized spacial score (nSPS) is 19.4. The Balaban J connectivity index is 2.01. The molecular formula is C13H21N3O3S. The number of ketones is 1. The fourth-order valence-corrected chi connectivity index (χ4v) is 3.03. The van der Waals surface area contributed by atoms with Crippen LogP contribution in [0, 0.1) is 5.41 Å². The van der Waals surface area contributed by atoms with Gasteiger partial charge >= 0.3 is 5.69 Å². The lowest BCUT2D eigenvalue weighted by atomic mass is 9.92. The molecule has 0 aromatic carbocycles. The minimum atomic E-state index is -0.372. The minimum Gasteiger partial charge on any atom is -0.376 e. The predicted octanol–water partition coefficient (Wildman–Crippen LogP) is 1.46. The van der Waals surface area contributed by atoms with Gasteiger partial charge in [-0.1, -0.05) is 32.5 Å². The minimum absolute atomic E-state index is 0.0722. The van der Waals surface area contributed by atoms with Crippen LogP contribution in [0.15, 0.2) is 9.95 Å². The average Bonchev–Trinajstić information content (AvgIpc) is 2.98. The lowest BCUT2D eigenvalue weighted by Gasteiger charge is -2.16. The molecule has 20 heavy (non-hydrogen) atoms. The van der Waals surface area contributed by atoms with Crippen LogP contribution in [0.3, 0.4) is 0 Å². The first-order valence-corrected chi connectivity index (χ1v) is 7.79. The van der Waals surface area contributed by atoms with E-state index in [4.69, 9.17) is 4.74 Å². The molecule has 112 valence electrons. The van der Waals surface area contributed by atoms with Gasteiger partial charge < -0.3 is 4.74 Å². The van der Waals surface area contributed by atoms with E-state index < -0.39 is 0 Å². The smallest absolute Gasteiger partial charge is 0.344 e. The first kappa shape index (κ1) is 15.3. The molecule has 1 aromatic rings. The Morgan fingerprint density at radius 2 is 2.30 bits per heavy atom. The molecule has 0 spiro atoms. The maximum absolute atomic E-state index is 11.9. The maximum atomic E-state index is 11.9. The quantitative estimate of drug-likeness (QED) is 0.833. The van der Waals surface area contributed by atoms with Gasteiger partial charge in [-0.2, -0.15) is 0 Å². The molecule has 1 aliphatic rings. The van der Waals surface area contributed by atoms with E-state index in [0.717, 1.165) is 19.4 Å². The van der Waals surface area contributed by atoms with Crippen LogP contribution >= 0.6 is 11.8 Å². The number of aromatic nitrogens is 3. The zero-order valence-corrected chi connectivity index (χ0v) is 13.0. The molecule has 0 aliphatic carbocycles. The number of nitrogens with zero attached hydrogens (tertiary/aromatic N) is 2. The lowest BCUT2D eigenvalue weighted by Crippen LogP contribution is -2.26. The molecule has 1 N–H and O–H groups in total. The zero-order valence-electron chi connectivity index (χ0n) is 12.1. The van der Waals surface area contributed by atoms with Crippen LogP contribution in [0.1, 0.15) is 33.6 Å². The Morgan fingerprint density at radius 1 is 1.55 bits per heavy atom. The van der Waals surface area contributed by atoms with Crippen LogP contribution in [0.5, 0.6) is 0 Å². The van der Waals surface area contributed by atoms with Crippen molar-refractivity contribution in [3.63, 3.8) is 0 Å². The second kappa shape index (κ2) is 6.13. The van der Waals surface area contributed by atoms with E-state index in [0.29, 0.717) is 17.5 Å². The van der Waals surface area contributed by atoms with Gasteiger partial charge in [-0.25, -0.2) is 9.89 Å². The van der Waals surface area contributed by atoms with Crippen LogP contribution in [-0.2, 0) is 16.1 Å². The zero-order chi connectivity index (χ0) is 14.8. The van der Waals surface area contributed by atoms with Gasteiger partial charge in [0.1, 0.15) is 5.78 Å². The van der Waals surface area contributed by atoms with Crippen LogP contribution in [0.4, 0.5) is 0 Å². The van der Waals surface area contributed by atoms with E-state index in [-0.39, 0.29) is 23.0 Å². The highest BCUT2D eigenvalue weighted by Gasteiger charge is 2.23. The summed E-state index contributed by atoms with van der Waals surface area (Å²) < 4.78 is 7.10. The third-order valence-corrected chi connectivity index (χ3v) is 4.28. The van der Waals surface area contributed by atoms with Gasteiger partial charge in [0.2, 0.25) is 0 Å². The summed E-state index contributed by atoms with van der Waals surface area (Å²) in [7, 11) is 0. The van der Waals surface area contributed by atoms with Gasteiger partial charge in [0, 0.05) is 12.0 Å². The molecule has 6 nitrogen and oxygen atoms in total. The largest absolute Gasteiger partial charge is 0.376 e. The van der Waals surface area contributed by atoms with Crippen molar-refractivity contribution >= 4 is 17.5 Å². The van der Waals surface area contributed by atoms with E-state index in [2.05, 4.69) is 10.2 Å². The number of H-pyrrole nitrogens is 1. The third kappa shape index (κ3) is 3.73. The molecule has 1 aromatic heterocycles. The second-order valence-electron chi connectivity index (χ2n) is 6.02. The monoisotopic (exact) mass is 299 g/mol. The number of thioether (sulfide) groups is 1. The SMILES string of the molecule is CC(C)(C)C(=O)CSc1n[nH]c(=O)n1CC1CCCO1. The van der Waals surface area contributed by atoms with E-state index in [1.54, 1.807) is 4.57 Å².